The maximum absolute atomic E-state index is 6.20. The average Bonchev–Trinajstić information content (AvgIpc) is 2.17. The van der Waals surface area contributed by atoms with Crippen LogP contribution in [-0.4, -0.2) is 20.3 Å². The van der Waals surface area contributed by atoms with Crippen LogP contribution in [0.5, 0.6) is 0 Å². The molecular formula is C12H18Cl2N2. The molecule has 2 N–H and O–H groups in total. The first-order valence-corrected chi connectivity index (χ1v) is 6.04. The molecular weight excluding hydrogens is 243 g/mol. The van der Waals surface area contributed by atoms with Crippen molar-refractivity contribution in [2.45, 2.75) is 19.3 Å². The van der Waals surface area contributed by atoms with E-state index < -0.39 is 0 Å². The van der Waals surface area contributed by atoms with Gasteiger partial charge in [-0.2, -0.15) is 0 Å². The number of hydrogen-bond acceptors (Lipinski definition) is 2. The predicted octanol–water partition coefficient (Wildman–Crippen LogP) is 3.04. The summed E-state index contributed by atoms with van der Waals surface area (Å²) in [4.78, 5) is 0. The molecule has 0 spiro atoms. The van der Waals surface area contributed by atoms with Gasteiger partial charge in [0.2, 0.25) is 0 Å². The molecule has 0 bridgehead atoms. The fourth-order valence-corrected chi connectivity index (χ4v) is 2.30. The van der Waals surface area contributed by atoms with Gasteiger partial charge in [-0.3, -0.25) is 0 Å². The van der Waals surface area contributed by atoms with Crippen LogP contribution in [0.4, 0.5) is 0 Å². The monoisotopic (exact) mass is 260 g/mol. The second kappa shape index (κ2) is 5.87. The maximum Gasteiger partial charge on any atom is 0.0458 e. The van der Waals surface area contributed by atoms with E-state index in [0.717, 1.165) is 23.8 Å². The van der Waals surface area contributed by atoms with Crippen LogP contribution in [0.15, 0.2) is 18.2 Å². The highest BCUT2D eigenvalue weighted by atomic mass is 35.5. The number of hydrogen-bond donors (Lipinski definition) is 2. The molecule has 4 heteroatoms. The van der Waals surface area contributed by atoms with E-state index in [-0.39, 0.29) is 5.41 Å². The Balaban J connectivity index is 2.80. The SMILES string of the molecule is CNCNCC(C)(C)c1ccc(Cl)cc1Cl. The molecule has 0 aromatic heterocycles. The second-order valence-electron chi connectivity index (χ2n) is 4.47. The van der Waals surface area contributed by atoms with Gasteiger partial charge < -0.3 is 10.6 Å². The zero-order valence-electron chi connectivity index (χ0n) is 9.90. The van der Waals surface area contributed by atoms with Crippen molar-refractivity contribution < 1.29 is 0 Å². The van der Waals surface area contributed by atoms with E-state index in [2.05, 4.69) is 24.5 Å². The summed E-state index contributed by atoms with van der Waals surface area (Å²) < 4.78 is 0. The zero-order valence-corrected chi connectivity index (χ0v) is 11.4. The minimum absolute atomic E-state index is 0.0154. The third-order valence-electron chi connectivity index (χ3n) is 2.53. The summed E-state index contributed by atoms with van der Waals surface area (Å²) in [6.07, 6.45) is 0. The largest absolute Gasteiger partial charge is 0.308 e. The number of rotatable bonds is 5. The zero-order chi connectivity index (χ0) is 12.2. The highest BCUT2D eigenvalue weighted by Crippen LogP contribution is 2.31. The van der Waals surface area contributed by atoms with Gasteiger partial charge in [-0.25, -0.2) is 0 Å². The quantitative estimate of drug-likeness (QED) is 0.629. The molecule has 0 aliphatic carbocycles. The highest BCUT2D eigenvalue weighted by Gasteiger charge is 2.22. The average molecular weight is 261 g/mol. The molecule has 2 nitrogen and oxygen atoms in total. The van der Waals surface area contributed by atoms with Gasteiger partial charge in [0.05, 0.1) is 0 Å². The van der Waals surface area contributed by atoms with Crippen LogP contribution in [0.3, 0.4) is 0 Å². The van der Waals surface area contributed by atoms with Crippen molar-refractivity contribution in [2.75, 3.05) is 20.3 Å². The van der Waals surface area contributed by atoms with Crippen LogP contribution < -0.4 is 10.6 Å². The van der Waals surface area contributed by atoms with Crippen LogP contribution >= 0.6 is 23.2 Å². The maximum atomic E-state index is 6.20. The minimum atomic E-state index is -0.0154. The summed E-state index contributed by atoms with van der Waals surface area (Å²) in [5.41, 5.74) is 1.10. The van der Waals surface area contributed by atoms with Crippen LogP contribution in [0.2, 0.25) is 10.0 Å². The van der Waals surface area contributed by atoms with Crippen LogP contribution in [-0.2, 0) is 5.41 Å². The molecule has 1 aromatic rings. The smallest absolute Gasteiger partial charge is 0.0458 e. The Bertz CT molecular complexity index is 351. The van der Waals surface area contributed by atoms with Crippen molar-refractivity contribution in [1.29, 1.82) is 0 Å². The number of benzene rings is 1. The molecule has 0 aliphatic rings. The van der Waals surface area contributed by atoms with Gasteiger partial charge >= 0.3 is 0 Å². The lowest BCUT2D eigenvalue weighted by Gasteiger charge is -2.27. The lowest BCUT2D eigenvalue weighted by molar-refractivity contribution is 0.461. The molecule has 0 aliphatic heterocycles. The first-order valence-electron chi connectivity index (χ1n) is 5.28. The Labute approximate surface area is 107 Å². The van der Waals surface area contributed by atoms with E-state index in [9.17, 15) is 0 Å². The summed E-state index contributed by atoms with van der Waals surface area (Å²) in [6.45, 7) is 5.96. The lowest BCUT2D eigenvalue weighted by atomic mass is 9.84. The minimum Gasteiger partial charge on any atom is -0.308 e. The van der Waals surface area contributed by atoms with Gasteiger partial charge in [0, 0.05) is 28.7 Å². The van der Waals surface area contributed by atoms with Crippen LogP contribution in [0, 0.1) is 0 Å². The Kier molecular flexibility index (Phi) is 5.06. The highest BCUT2D eigenvalue weighted by molar-refractivity contribution is 6.35. The normalized spacial score (nSPS) is 11.8. The van der Waals surface area contributed by atoms with Crippen LogP contribution in [0.1, 0.15) is 19.4 Å². The van der Waals surface area contributed by atoms with Crippen molar-refractivity contribution in [3.05, 3.63) is 33.8 Å². The van der Waals surface area contributed by atoms with Crippen molar-refractivity contribution in [2.24, 2.45) is 0 Å². The van der Waals surface area contributed by atoms with Gasteiger partial charge in [0.1, 0.15) is 0 Å². The van der Waals surface area contributed by atoms with Gasteiger partial charge in [-0.1, -0.05) is 43.1 Å². The van der Waals surface area contributed by atoms with Crippen LogP contribution in [0.25, 0.3) is 0 Å². The van der Waals surface area contributed by atoms with E-state index in [4.69, 9.17) is 23.2 Å². The Morgan fingerprint density at radius 2 is 1.94 bits per heavy atom. The van der Waals surface area contributed by atoms with Gasteiger partial charge in [-0.15, -0.1) is 0 Å². The first-order chi connectivity index (χ1) is 7.47. The van der Waals surface area contributed by atoms with E-state index in [0.29, 0.717) is 5.02 Å². The Hall–Kier alpha value is -0.280. The molecule has 16 heavy (non-hydrogen) atoms. The van der Waals surface area contributed by atoms with E-state index in [1.807, 2.05) is 19.2 Å². The van der Waals surface area contributed by atoms with Crippen molar-refractivity contribution in [1.82, 2.24) is 10.6 Å². The topological polar surface area (TPSA) is 24.1 Å². The molecule has 0 radical (unpaired) electrons. The van der Waals surface area contributed by atoms with E-state index >= 15 is 0 Å². The first kappa shape index (κ1) is 13.8. The summed E-state index contributed by atoms with van der Waals surface area (Å²) in [5, 5.41) is 7.76. The number of nitrogens with one attached hydrogen (secondary N) is 2. The predicted molar refractivity (Wildman–Crippen MR) is 71.4 cm³/mol. The Morgan fingerprint density at radius 3 is 2.50 bits per heavy atom. The standard InChI is InChI=1S/C12H18Cl2N2/c1-12(2,7-16-8-15-3)10-5-4-9(13)6-11(10)14/h4-6,15-16H,7-8H2,1-3H3. The summed E-state index contributed by atoms with van der Waals surface area (Å²) in [7, 11) is 1.91. The molecule has 0 saturated carbocycles. The molecule has 0 heterocycles. The second-order valence-corrected chi connectivity index (χ2v) is 5.31. The summed E-state index contributed by atoms with van der Waals surface area (Å²) in [6, 6.07) is 5.66. The molecule has 1 rings (SSSR count). The van der Waals surface area contributed by atoms with Gasteiger partial charge in [-0.05, 0) is 24.7 Å². The van der Waals surface area contributed by atoms with E-state index in [1.54, 1.807) is 6.07 Å². The van der Waals surface area contributed by atoms with E-state index in [1.165, 1.54) is 0 Å². The molecule has 0 unspecified atom stereocenters. The molecule has 90 valence electrons. The fraction of sp³-hybridized carbons (Fsp3) is 0.500. The third kappa shape index (κ3) is 3.63. The fourth-order valence-electron chi connectivity index (χ4n) is 1.63. The summed E-state index contributed by atoms with van der Waals surface area (Å²) >= 11 is 12.1. The molecule has 0 saturated heterocycles. The van der Waals surface area contributed by atoms with Gasteiger partial charge in [0.15, 0.2) is 0 Å². The van der Waals surface area contributed by atoms with Crippen molar-refractivity contribution in [3.63, 3.8) is 0 Å². The molecule has 1 aromatic carbocycles. The van der Waals surface area contributed by atoms with Gasteiger partial charge in [0.25, 0.3) is 0 Å². The summed E-state index contributed by atoms with van der Waals surface area (Å²) in [5.74, 6) is 0. The molecule has 0 atom stereocenters. The van der Waals surface area contributed by atoms with Crippen molar-refractivity contribution >= 4 is 23.2 Å². The molecule has 0 amide bonds. The van der Waals surface area contributed by atoms with Crippen molar-refractivity contribution in [3.8, 4) is 0 Å². The number of halogens is 2. The molecule has 0 fully saturated rings. The Morgan fingerprint density at radius 1 is 1.25 bits per heavy atom. The third-order valence-corrected chi connectivity index (χ3v) is 3.08. The lowest BCUT2D eigenvalue weighted by Crippen LogP contribution is -2.37.